The molecule has 0 aromatic heterocycles. The van der Waals surface area contributed by atoms with Crippen molar-refractivity contribution in [2.75, 3.05) is 33.4 Å². The number of hydrogen-bond acceptors (Lipinski definition) is 2. The van der Waals surface area contributed by atoms with E-state index in [1.54, 1.807) is 0 Å². The number of nitrogens with zero attached hydrogens (tertiary/aromatic N) is 2. The van der Waals surface area contributed by atoms with Crippen LogP contribution in [0.2, 0.25) is 0 Å². The molecule has 1 aliphatic heterocycles. The van der Waals surface area contributed by atoms with Crippen LogP contribution in [0.3, 0.4) is 0 Å². The predicted molar refractivity (Wildman–Crippen MR) is 87.6 cm³/mol. The van der Waals surface area contributed by atoms with Crippen molar-refractivity contribution in [1.29, 1.82) is 0 Å². The average molecular weight is 289 g/mol. The molecule has 4 heteroatoms. The molecule has 0 unspecified atom stereocenters. The van der Waals surface area contributed by atoms with Gasteiger partial charge in [0.25, 0.3) is 0 Å². The first-order valence-corrected chi connectivity index (χ1v) is 7.95. The molecule has 116 valence electrons. The SMILES string of the molecule is CCCCOCCNC(=NC)N1CCc2ccccc2C1. The zero-order valence-electron chi connectivity index (χ0n) is 13.3. The molecule has 0 saturated carbocycles. The number of aliphatic imine (C=N–C) groups is 1. The monoisotopic (exact) mass is 289 g/mol. The van der Waals surface area contributed by atoms with Crippen LogP contribution in [-0.2, 0) is 17.7 Å². The fourth-order valence-electron chi connectivity index (χ4n) is 2.59. The quantitative estimate of drug-likeness (QED) is 0.496. The fraction of sp³-hybridized carbons (Fsp3) is 0.588. The van der Waals surface area contributed by atoms with E-state index in [9.17, 15) is 0 Å². The Balaban J connectivity index is 1.78. The van der Waals surface area contributed by atoms with Crippen LogP contribution in [0.1, 0.15) is 30.9 Å². The van der Waals surface area contributed by atoms with E-state index in [2.05, 4.69) is 46.4 Å². The lowest BCUT2D eigenvalue weighted by Crippen LogP contribution is -2.44. The molecule has 0 amide bonds. The third-order valence-electron chi connectivity index (χ3n) is 3.81. The van der Waals surface area contributed by atoms with Crippen molar-refractivity contribution in [3.8, 4) is 0 Å². The highest BCUT2D eigenvalue weighted by atomic mass is 16.5. The normalized spacial score (nSPS) is 15.0. The first-order chi connectivity index (χ1) is 10.3. The second-order valence-corrected chi connectivity index (χ2v) is 5.38. The molecule has 0 atom stereocenters. The summed E-state index contributed by atoms with van der Waals surface area (Å²) in [6, 6.07) is 8.67. The van der Waals surface area contributed by atoms with Gasteiger partial charge in [0.05, 0.1) is 6.61 Å². The van der Waals surface area contributed by atoms with Gasteiger partial charge in [-0.15, -0.1) is 0 Å². The number of hydrogen-bond donors (Lipinski definition) is 1. The lowest BCUT2D eigenvalue weighted by Gasteiger charge is -2.31. The summed E-state index contributed by atoms with van der Waals surface area (Å²) in [6.07, 6.45) is 3.41. The summed E-state index contributed by atoms with van der Waals surface area (Å²) in [6.45, 7) is 6.55. The number of ether oxygens (including phenoxy) is 1. The maximum absolute atomic E-state index is 5.58. The first kappa shape index (κ1) is 15.8. The Morgan fingerprint density at radius 3 is 2.86 bits per heavy atom. The van der Waals surface area contributed by atoms with Gasteiger partial charge in [0.15, 0.2) is 5.96 Å². The van der Waals surface area contributed by atoms with Crippen LogP contribution in [0.4, 0.5) is 0 Å². The minimum atomic E-state index is 0.740. The highest BCUT2D eigenvalue weighted by molar-refractivity contribution is 5.80. The zero-order chi connectivity index (χ0) is 14.9. The molecule has 1 heterocycles. The summed E-state index contributed by atoms with van der Waals surface area (Å²) in [4.78, 5) is 6.71. The number of benzene rings is 1. The minimum absolute atomic E-state index is 0.740. The lowest BCUT2D eigenvalue weighted by molar-refractivity contribution is 0.135. The van der Waals surface area contributed by atoms with Crippen LogP contribution < -0.4 is 5.32 Å². The van der Waals surface area contributed by atoms with Gasteiger partial charge in [0.2, 0.25) is 0 Å². The van der Waals surface area contributed by atoms with Crippen molar-refractivity contribution in [3.63, 3.8) is 0 Å². The summed E-state index contributed by atoms with van der Waals surface area (Å²) in [7, 11) is 1.85. The van der Waals surface area contributed by atoms with Crippen LogP contribution in [0, 0.1) is 0 Å². The summed E-state index contributed by atoms with van der Waals surface area (Å²) < 4.78 is 5.58. The Hall–Kier alpha value is -1.55. The Morgan fingerprint density at radius 2 is 2.10 bits per heavy atom. The van der Waals surface area contributed by atoms with E-state index in [1.807, 2.05) is 7.05 Å². The van der Waals surface area contributed by atoms with E-state index in [-0.39, 0.29) is 0 Å². The van der Waals surface area contributed by atoms with Crippen LogP contribution in [0.15, 0.2) is 29.3 Å². The molecule has 1 aromatic carbocycles. The molecular weight excluding hydrogens is 262 g/mol. The van der Waals surface area contributed by atoms with E-state index < -0.39 is 0 Å². The van der Waals surface area contributed by atoms with Crippen LogP contribution in [0.5, 0.6) is 0 Å². The van der Waals surface area contributed by atoms with Crippen LogP contribution >= 0.6 is 0 Å². The molecule has 0 radical (unpaired) electrons. The second kappa shape index (κ2) is 8.67. The van der Waals surface area contributed by atoms with E-state index >= 15 is 0 Å². The van der Waals surface area contributed by atoms with E-state index in [0.29, 0.717) is 0 Å². The maximum Gasteiger partial charge on any atom is 0.194 e. The van der Waals surface area contributed by atoms with E-state index in [1.165, 1.54) is 17.5 Å². The van der Waals surface area contributed by atoms with Crippen molar-refractivity contribution in [1.82, 2.24) is 10.2 Å². The number of guanidine groups is 1. The largest absolute Gasteiger partial charge is 0.380 e. The third kappa shape index (κ3) is 4.74. The standard InChI is InChI=1S/C17H27N3O/c1-3-4-12-21-13-10-19-17(18-2)20-11-9-15-7-5-6-8-16(15)14-20/h5-8H,3-4,9-14H2,1-2H3,(H,18,19). The smallest absolute Gasteiger partial charge is 0.194 e. The number of nitrogens with one attached hydrogen (secondary N) is 1. The molecule has 1 aromatic rings. The Kier molecular flexibility index (Phi) is 6.54. The van der Waals surface area contributed by atoms with Crippen LogP contribution in [0.25, 0.3) is 0 Å². The van der Waals surface area contributed by atoms with E-state index in [0.717, 1.165) is 51.6 Å². The molecule has 0 saturated heterocycles. The average Bonchev–Trinajstić information content (AvgIpc) is 2.54. The molecule has 1 aliphatic rings. The Labute approximate surface area is 128 Å². The second-order valence-electron chi connectivity index (χ2n) is 5.38. The number of rotatable bonds is 6. The van der Waals surface area contributed by atoms with Gasteiger partial charge < -0.3 is 15.0 Å². The zero-order valence-corrected chi connectivity index (χ0v) is 13.3. The molecule has 0 spiro atoms. The van der Waals surface area contributed by atoms with Gasteiger partial charge in [-0.05, 0) is 24.0 Å². The number of fused-ring (bicyclic) bond motifs is 1. The summed E-state index contributed by atoms with van der Waals surface area (Å²) in [5.41, 5.74) is 2.87. The van der Waals surface area contributed by atoms with Crippen molar-refractivity contribution in [2.45, 2.75) is 32.7 Å². The van der Waals surface area contributed by atoms with Gasteiger partial charge in [0.1, 0.15) is 0 Å². The molecule has 21 heavy (non-hydrogen) atoms. The molecular formula is C17H27N3O. The maximum atomic E-state index is 5.58. The summed E-state index contributed by atoms with van der Waals surface area (Å²) in [5.74, 6) is 0.976. The summed E-state index contributed by atoms with van der Waals surface area (Å²) >= 11 is 0. The van der Waals surface area contributed by atoms with Gasteiger partial charge in [0, 0.05) is 33.3 Å². The minimum Gasteiger partial charge on any atom is -0.380 e. The van der Waals surface area contributed by atoms with Crippen molar-refractivity contribution >= 4 is 5.96 Å². The van der Waals surface area contributed by atoms with Gasteiger partial charge in [-0.25, -0.2) is 0 Å². The van der Waals surface area contributed by atoms with Gasteiger partial charge in [-0.1, -0.05) is 37.6 Å². The Morgan fingerprint density at radius 1 is 1.29 bits per heavy atom. The lowest BCUT2D eigenvalue weighted by atomic mass is 10.0. The predicted octanol–water partition coefficient (Wildman–Crippen LogP) is 2.44. The molecule has 2 rings (SSSR count). The van der Waals surface area contributed by atoms with Crippen molar-refractivity contribution < 1.29 is 4.74 Å². The van der Waals surface area contributed by atoms with Crippen LogP contribution in [-0.4, -0.2) is 44.2 Å². The van der Waals surface area contributed by atoms with E-state index in [4.69, 9.17) is 4.74 Å². The molecule has 0 fully saturated rings. The molecule has 0 aliphatic carbocycles. The van der Waals surface area contributed by atoms with Crippen molar-refractivity contribution in [2.24, 2.45) is 4.99 Å². The molecule has 1 N–H and O–H groups in total. The van der Waals surface area contributed by atoms with Gasteiger partial charge in [-0.2, -0.15) is 0 Å². The highest BCUT2D eigenvalue weighted by Gasteiger charge is 2.18. The van der Waals surface area contributed by atoms with Gasteiger partial charge in [-0.3, -0.25) is 4.99 Å². The third-order valence-corrected chi connectivity index (χ3v) is 3.81. The van der Waals surface area contributed by atoms with Crippen molar-refractivity contribution in [3.05, 3.63) is 35.4 Å². The first-order valence-electron chi connectivity index (χ1n) is 7.95. The highest BCUT2D eigenvalue weighted by Crippen LogP contribution is 2.18. The topological polar surface area (TPSA) is 36.9 Å². The molecule has 0 bridgehead atoms. The summed E-state index contributed by atoms with van der Waals surface area (Å²) in [5, 5.41) is 3.40. The fourth-order valence-corrected chi connectivity index (χ4v) is 2.59. The van der Waals surface area contributed by atoms with Gasteiger partial charge >= 0.3 is 0 Å². The number of unbranched alkanes of at least 4 members (excludes halogenated alkanes) is 1. The molecule has 4 nitrogen and oxygen atoms in total. The Bertz CT molecular complexity index is 459.